The van der Waals surface area contributed by atoms with Gasteiger partial charge < -0.3 is 5.32 Å². The molecule has 0 aliphatic rings. The Balaban J connectivity index is 2.17. The lowest BCUT2D eigenvalue weighted by atomic mass is 9.93. The minimum absolute atomic E-state index is 0.0825. The van der Waals surface area contributed by atoms with Gasteiger partial charge in [0.05, 0.1) is 5.69 Å². The van der Waals surface area contributed by atoms with E-state index in [2.05, 4.69) is 42.5 Å². The van der Waals surface area contributed by atoms with E-state index in [4.69, 9.17) is 11.6 Å². The van der Waals surface area contributed by atoms with Crippen molar-refractivity contribution >= 4 is 11.6 Å². The normalized spacial score (nSPS) is 13.4. The molecule has 1 atom stereocenters. The Bertz CT molecular complexity index is 586. The second kappa shape index (κ2) is 6.58. The van der Waals surface area contributed by atoms with Crippen LogP contribution < -0.4 is 5.32 Å². The zero-order valence-electron chi connectivity index (χ0n) is 13.1. The molecule has 21 heavy (non-hydrogen) atoms. The van der Waals surface area contributed by atoms with Crippen LogP contribution in [0, 0.1) is 0 Å². The largest absolute Gasteiger partial charge is 0.311 e. The van der Waals surface area contributed by atoms with Gasteiger partial charge in [-0.3, -0.25) is 4.68 Å². The minimum atomic E-state index is 0.0825. The molecule has 0 aliphatic carbocycles. The maximum absolute atomic E-state index is 6.13. The van der Waals surface area contributed by atoms with Crippen LogP contribution in [0.2, 0.25) is 5.02 Å². The van der Waals surface area contributed by atoms with E-state index < -0.39 is 0 Å². The van der Waals surface area contributed by atoms with Crippen LogP contribution in [0.3, 0.4) is 0 Å². The molecule has 0 fully saturated rings. The fraction of sp³-hybridized carbons (Fsp3) is 0.500. The van der Waals surface area contributed by atoms with Crippen LogP contribution in [0.1, 0.15) is 37.9 Å². The molecule has 1 aromatic heterocycles. The van der Waals surface area contributed by atoms with Crippen molar-refractivity contribution in [2.24, 2.45) is 7.05 Å². The smallest absolute Gasteiger partial charge is 0.0833 e. The van der Waals surface area contributed by atoms with Gasteiger partial charge in [0.2, 0.25) is 0 Å². The molecule has 0 spiro atoms. The van der Waals surface area contributed by atoms with E-state index in [0.29, 0.717) is 5.92 Å². The first kappa shape index (κ1) is 16.0. The summed E-state index contributed by atoms with van der Waals surface area (Å²) < 4.78 is 1.74. The minimum Gasteiger partial charge on any atom is -0.311 e. The summed E-state index contributed by atoms with van der Waals surface area (Å²) in [6.45, 7) is 7.39. The van der Waals surface area contributed by atoms with E-state index in [1.165, 1.54) is 5.56 Å². The molecule has 4 nitrogen and oxygen atoms in total. The van der Waals surface area contributed by atoms with Crippen LogP contribution in [0.25, 0.3) is 0 Å². The van der Waals surface area contributed by atoms with Gasteiger partial charge in [-0.2, -0.15) is 0 Å². The molecule has 114 valence electrons. The van der Waals surface area contributed by atoms with E-state index in [1.54, 1.807) is 4.68 Å². The summed E-state index contributed by atoms with van der Waals surface area (Å²) in [6, 6.07) is 8.06. The van der Waals surface area contributed by atoms with Crippen LogP contribution in [-0.4, -0.2) is 27.1 Å². The molecule has 0 aliphatic heterocycles. The molecule has 1 heterocycles. The average molecular weight is 307 g/mol. The molecule has 0 saturated heterocycles. The van der Waals surface area contributed by atoms with Crippen LogP contribution in [0.4, 0.5) is 0 Å². The number of aryl methyl sites for hydroxylation is 1. The van der Waals surface area contributed by atoms with Gasteiger partial charge in [0.1, 0.15) is 0 Å². The number of benzene rings is 1. The zero-order chi connectivity index (χ0) is 15.5. The summed E-state index contributed by atoms with van der Waals surface area (Å²) in [6.07, 6.45) is 2.81. The molecule has 1 aromatic carbocycles. The van der Waals surface area contributed by atoms with E-state index in [1.807, 2.05) is 31.4 Å². The standard InChI is InChI=1S/C16H23ClN4/c1-16(2,3)18-10-13(9-15-11-21(4)20-19-15)12-6-5-7-14(17)8-12/h5-8,11,13,18H,9-10H2,1-4H3. The Hall–Kier alpha value is -1.39. The highest BCUT2D eigenvalue weighted by molar-refractivity contribution is 6.30. The van der Waals surface area contributed by atoms with Gasteiger partial charge in [-0.05, 0) is 38.5 Å². The van der Waals surface area contributed by atoms with Crippen LogP contribution in [0.15, 0.2) is 30.5 Å². The average Bonchev–Trinajstić information content (AvgIpc) is 2.79. The summed E-state index contributed by atoms with van der Waals surface area (Å²) in [5.74, 6) is 0.319. The summed E-state index contributed by atoms with van der Waals surface area (Å²) in [4.78, 5) is 0. The molecular formula is C16H23ClN4. The van der Waals surface area contributed by atoms with Gasteiger partial charge in [-0.25, -0.2) is 0 Å². The van der Waals surface area contributed by atoms with Crippen molar-refractivity contribution < 1.29 is 0 Å². The lowest BCUT2D eigenvalue weighted by Crippen LogP contribution is -2.39. The molecule has 0 saturated carbocycles. The van der Waals surface area contributed by atoms with Crippen molar-refractivity contribution in [1.29, 1.82) is 0 Å². The number of rotatable bonds is 5. The third-order valence-electron chi connectivity index (χ3n) is 3.30. The van der Waals surface area contributed by atoms with Crippen molar-refractivity contribution in [3.8, 4) is 0 Å². The second-order valence-corrected chi connectivity index (χ2v) is 6.91. The quantitative estimate of drug-likeness (QED) is 0.922. The topological polar surface area (TPSA) is 42.7 Å². The second-order valence-electron chi connectivity index (χ2n) is 6.47. The molecule has 5 heteroatoms. The number of aromatic nitrogens is 3. The summed E-state index contributed by atoms with van der Waals surface area (Å²) in [5, 5.41) is 12.5. The van der Waals surface area contributed by atoms with Gasteiger partial charge in [0.25, 0.3) is 0 Å². The first-order valence-electron chi connectivity index (χ1n) is 7.19. The Morgan fingerprint density at radius 1 is 1.33 bits per heavy atom. The lowest BCUT2D eigenvalue weighted by molar-refractivity contribution is 0.404. The SMILES string of the molecule is Cn1cc(CC(CNC(C)(C)C)c2cccc(Cl)c2)nn1. The highest BCUT2D eigenvalue weighted by Gasteiger charge is 2.18. The number of nitrogens with one attached hydrogen (secondary N) is 1. The molecule has 0 radical (unpaired) electrons. The molecule has 1 unspecified atom stereocenters. The van der Waals surface area contributed by atoms with Crippen molar-refractivity contribution in [2.75, 3.05) is 6.54 Å². The number of halogens is 1. The van der Waals surface area contributed by atoms with Crippen LogP contribution in [0.5, 0.6) is 0 Å². The Kier molecular flexibility index (Phi) is 5.01. The molecule has 0 bridgehead atoms. The maximum atomic E-state index is 6.13. The van der Waals surface area contributed by atoms with Crippen LogP contribution in [-0.2, 0) is 13.5 Å². The first-order valence-corrected chi connectivity index (χ1v) is 7.57. The van der Waals surface area contributed by atoms with Gasteiger partial charge in [-0.1, -0.05) is 28.9 Å². The Morgan fingerprint density at radius 3 is 2.67 bits per heavy atom. The van der Waals surface area contributed by atoms with E-state index in [0.717, 1.165) is 23.7 Å². The molecule has 2 rings (SSSR count). The van der Waals surface area contributed by atoms with Gasteiger partial charge >= 0.3 is 0 Å². The fourth-order valence-corrected chi connectivity index (χ4v) is 2.44. The number of nitrogens with zero attached hydrogens (tertiary/aromatic N) is 3. The van der Waals surface area contributed by atoms with Crippen molar-refractivity contribution in [3.63, 3.8) is 0 Å². The van der Waals surface area contributed by atoms with Gasteiger partial charge in [0.15, 0.2) is 0 Å². The predicted molar refractivity (Wildman–Crippen MR) is 86.7 cm³/mol. The summed E-state index contributed by atoms with van der Waals surface area (Å²) >= 11 is 6.13. The van der Waals surface area contributed by atoms with Crippen molar-refractivity contribution in [1.82, 2.24) is 20.3 Å². The lowest BCUT2D eigenvalue weighted by Gasteiger charge is -2.25. The first-order chi connectivity index (χ1) is 9.83. The van der Waals surface area contributed by atoms with E-state index in [9.17, 15) is 0 Å². The molecular weight excluding hydrogens is 284 g/mol. The van der Waals surface area contributed by atoms with E-state index >= 15 is 0 Å². The highest BCUT2D eigenvalue weighted by atomic mass is 35.5. The predicted octanol–water partition coefficient (Wildman–Crippen LogP) is 3.18. The van der Waals surface area contributed by atoms with Crippen LogP contribution >= 0.6 is 11.6 Å². The fourth-order valence-electron chi connectivity index (χ4n) is 2.24. The molecule has 2 aromatic rings. The van der Waals surface area contributed by atoms with E-state index in [-0.39, 0.29) is 5.54 Å². The number of hydrogen-bond acceptors (Lipinski definition) is 3. The Morgan fingerprint density at radius 2 is 2.10 bits per heavy atom. The molecule has 0 amide bonds. The van der Waals surface area contributed by atoms with Gasteiger partial charge in [-0.15, -0.1) is 5.10 Å². The zero-order valence-corrected chi connectivity index (χ0v) is 13.9. The van der Waals surface area contributed by atoms with Gasteiger partial charge in [0, 0.05) is 42.7 Å². The monoisotopic (exact) mass is 306 g/mol. The maximum Gasteiger partial charge on any atom is 0.0833 e. The van der Waals surface area contributed by atoms with Crippen molar-refractivity contribution in [3.05, 3.63) is 46.7 Å². The summed E-state index contributed by atoms with van der Waals surface area (Å²) in [7, 11) is 1.89. The third kappa shape index (κ3) is 5.14. The third-order valence-corrected chi connectivity index (χ3v) is 3.54. The number of hydrogen-bond donors (Lipinski definition) is 1. The highest BCUT2D eigenvalue weighted by Crippen LogP contribution is 2.23. The van der Waals surface area contributed by atoms with Crippen molar-refractivity contribution in [2.45, 2.75) is 38.6 Å². The molecule has 1 N–H and O–H groups in total. The Labute approximate surface area is 131 Å². The summed E-state index contributed by atoms with van der Waals surface area (Å²) in [5.41, 5.74) is 2.31.